The van der Waals surface area contributed by atoms with E-state index in [4.69, 9.17) is 0 Å². The molecule has 0 radical (unpaired) electrons. The number of nitrogens with zero attached hydrogens (tertiary/aromatic N) is 1. The highest BCUT2D eigenvalue weighted by molar-refractivity contribution is 9.10. The predicted molar refractivity (Wildman–Crippen MR) is 83.5 cm³/mol. The van der Waals surface area contributed by atoms with Crippen molar-refractivity contribution in [3.05, 3.63) is 34.3 Å². The molecule has 0 aliphatic carbocycles. The Labute approximate surface area is 129 Å². The average molecular weight is 340 g/mol. The number of aryl methyl sites for hydroxylation is 1. The van der Waals surface area contributed by atoms with E-state index in [1.54, 1.807) is 6.92 Å². The van der Waals surface area contributed by atoms with Crippen molar-refractivity contribution >= 4 is 21.8 Å². The van der Waals surface area contributed by atoms with Crippen molar-refractivity contribution in [2.24, 2.45) is 0 Å². The number of benzene rings is 1. The molecular weight excluding hydrogens is 318 g/mol. The molecule has 1 saturated heterocycles. The quantitative estimate of drug-likeness (QED) is 0.895. The third-order valence-electron chi connectivity index (χ3n) is 3.83. The summed E-state index contributed by atoms with van der Waals surface area (Å²) in [6.07, 6.45) is 3.76. The first kappa shape index (κ1) is 15.5. The molecule has 20 heavy (non-hydrogen) atoms. The topological polar surface area (TPSA) is 40.5 Å². The molecule has 110 valence electrons. The number of hydrogen-bond acceptors (Lipinski definition) is 2. The van der Waals surface area contributed by atoms with Crippen LogP contribution in [0, 0.1) is 0 Å². The van der Waals surface area contributed by atoms with E-state index in [0.717, 1.165) is 30.3 Å². The monoisotopic (exact) mass is 339 g/mol. The van der Waals surface area contributed by atoms with Crippen LogP contribution in [0.15, 0.2) is 28.7 Å². The van der Waals surface area contributed by atoms with Gasteiger partial charge in [0.1, 0.15) is 0 Å². The van der Waals surface area contributed by atoms with E-state index in [1.165, 1.54) is 5.56 Å². The summed E-state index contributed by atoms with van der Waals surface area (Å²) in [7, 11) is 0. The maximum atomic E-state index is 12.3. The zero-order valence-corrected chi connectivity index (χ0v) is 13.5. The molecule has 0 spiro atoms. The van der Waals surface area contributed by atoms with Gasteiger partial charge in [0.2, 0.25) is 5.91 Å². The molecule has 2 atom stereocenters. The lowest BCUT2D eigenvalue weighted by Crippen LogP contribution is -2.37. The molecular formula is C16H22BrNO2. The maximum absolute atomic E-state index is 12.3. The molecule has 1 aromatic carbocycles. The van der Waals surface area contributed by atoms with Gasteiger partial charge >= 0.3 is 0 Å². The summed E-state index contributed by atoms with van der Waals surface area (Å²) in [6, 6.07) is 8.32. The summed E-state index contributed by atoms with van der Waals surface area (Å²) in [5.74, 6) is 0.216. The number of likely N-dealkylation sites (tertiary alicyclic amines) is 1. The second kappa shape index (κ2) is 7.23. The molecule has 0 aromatic heterocycles. The minimum atomic E-state index is -0.335. The van der Waals surface area contributed by atoms with Crippen LogP contribution in [0.3, 0.4) is 0 Å². The summed E-state index contributed by atoms with van der Waals surface area (Å²) in [4.78, 5) is 14.3. The van der Waals surface area contributed by atoms with Crippen molar-refractivity contribution in [3.63, 3.8) is 0 Å². The van der Waals surface area contributed by atoms with Crippen molar-refractivity contribution in [1.29, 1.82) is 0 Å². The fourth-order valence-corrected chi connectivity index (χ4v) is 3.34. The van der Waals surface area contributed by atoms with Gasteiger partial charge in [0.25, 0.3) is 0 Å². The van der Waals surface area contributed by atoms with Crippen molar-refractivity contribution in [3.8, 4) is 0 Å². The van der Waals surface area contributed by atoms with E-state index < -0.39 is 0 Å². The van der Waals surface area contributed by atoms with E-state index in [2.05, 4.69) is 28.1 Å². The van der Waals surface area contributed by atoms with Gasteiger partial charge in [-0.05, 0) is 50.3 Å². The fourth-order valence-electron chi connectivity index (χ4n) is 2.89. The Morgan fingerprint density at radius 3 is 3.05 bits per heavy atom. The van der Waals surface area contributed by atoms with Crippen molar-refractivity contribution in [1.82, 2.24) is 4.90 Å². The summed E-state index contributed by atoms with van der Waals surface area (Å²) in [6.45, 7) is 2.64. The lowest BCUT2D eigenvalue weighted by molar-refractivity contribution is -0.132. The Morgan fingerprint density at radius 1 is 1.55 bits per heavy atom. The largest absolute Gasteiger partial charge is 0.393 e. The lowest BCUT2D eigenvalue weighted by atomic mass is 10.1. The molecule has 1 heterocycles. The van der Waals surface area contributed by atoms with Crippen molar-refractivity contribution < 1.29 is 9.90 Å². The third-order valence-corrected chi connectivity index (χ3v) is 4.32. The minimum Gasteiger partial charge on any atom is -0.393 e. The molecule has 3 nitrogen and oxygen atoms in total. The number of hydrogen-bond donors (Lipinski definition) is 1. The number of aliphatic hydroxyl groups is 1. The van der Waals surface area contributed by atoms with E-state index in [9.17, 15) is 9.90 Å². The Hall–Kier alpha value is -0.870. The van der Waals surface area contributed by atoms with Crippen molar-refractivity contribution in [2.45, 2.75) is 51.2 Å². The van der Waals surface area contributed by atoms with E-state index in [0.29, 0.717) is 12.8 Å². The molecule has 0 saturated carbocycles. The van der Waals surface area contributed by atoms with Crippen LogP contribution in [-0.4, -0.2) is 34.6 Å². The Balaban J connectivity index is 1.88. The summed E-state index contributed by atoms with van der Waals surface area (Å²) < 4.78 is 1.05. The number of aliphatic hydroxyl groups excluding tert-OH is 1. The van der Waals surface area contributed by atoms with Crippen molar-refractivity contribution in [2.75, 3.05) is 6.54 Å². The first-order chi connectivity index (χ1) is 9.56. The van der Waals surface area contributed by atoms with Gasteiger partial charge in [-0.25, -0.2) is 0 Å². The number of rotatable bonds is 5. The fraction of sp³-hybridized carbons (Fsp3) is 0.562. The normalized spacial score (nSPS) is 20.1. The van der Waals surface area contributed by atoms with E-state index in [1.807, 2.05) is 17.0 Å². The lowest BCUT2D eigenvalue weighted by Gasteiger charge is -2.25. The zero-order chi connectivity index (χ0) is 14.5. The standard InChI is InChI=1S/C16H22BrNO2/c1-12(19)10-15-6-3-9-18(15)16(20)8-7-13-4-2-5-14(17)11-13/h2,4-5,11-12,15,19H,3,6-10H2,1H3. The molecule has 4 heteroatoms. The van der Waals surface area contributed by atoms with Gasteiger partial charge in [-0.15, -0.1) is 0 Å². The summed E-state index contributed by atoms with van der Waals surface area (Å²) >= 11 is 3.45. The Bertz CT molecular complexity index is 462. The Kier molecular flexibility index (Phi) is 5.61. The number of carbonyl (C=O) groups excluding carboxylic acids is 1. The van der Waals surface area contributed by atoms with Gasteiger partial charge in [-0.2, -0.15) is 0 Å². The van der Waals surface area contributed by atoms with Crippen LogP contribution in [0.4, 0.5) is 0 Å². The third kappa shape index (κ3) is 4.32. The molecule has 1 amide bonds. The molecule has 1 aromatic rings. The molecule has 1 fully saturated rings. The number of halogens is 1. The smallest absolute Gasteiger partial charge is 0.223 e. The van der Waals surface area contributed by atoms with Crippen LogP contribution in [-0.2, 0) is 11.2 Å². The predicted octanol–water partition coefficient (Wildman–Crippen LogP) is 3.14. The Morgan fingerprint density at radius 2 is 2.35 bits per heavy atom. The molecule has 2 unspecified atom stereocenters. The minimum absolute atomic E-state index is 0.216. The van der Waals surface area contributed by atoms with Gasteiger partial charge in [0.15, 0.2) is 0 Å². The van der Waals surface area contributed by atoms with Gasteiger partial charge in [-0.3, -0.25) is 4.79 Å². The maximum Gasteiger partial charge on any atom is 0.223 e. The highest BCUT2D eigenvalue weighted by Gasteiger charge is 2.28. The van der Waals surface area contributed by atoms with Crippen LogP contribution in [0.1, 0.15) is 38.2 Å². The summed E-state index contributed by atoms with van der Waals surface area (Å²) in [5.41, 5.74) is 1.18. The molecule has 1 aliphatic rings. The second-order valence-corrected chi connectivity index (χ2v) is 6.51. The molecule has 1 N–H and O–H groups in total. The summed E-state index contributed by atoms with van der Waals surface area (Å²) in [5, 5.41) is 9.51. The number of amides is 1. The number of carbonyl (C=O) groups is 1. The first-order valence-corrected chi connectivity index (χ1v) is 8.07. The zero-order valence-electron chi connectivity index (χ0n) is 11.9. The van der Waals surface area contributed by atoms with Crippen LogP contribution in [0.5, 0.6) is 0 Å². The van der Waals surface area contributed by atoms with Crippen LogP contribution in [0.2, 0.25) is 0 Å². The molecule has 2 rings (SSSR count). The highest BCUT2D eigenvalue weighted by atomic mass is 79.9. The first-order valence-electron chi connectivity index (χ1n) is 7.28. The van der Waals surface area contributed by atoms with Gasteiger partial charge in [0, 0.05) is 23.5 Å². The highest BCUT2D eigenvalue weighted by Crippen LogP contribution is 2.23. The van der Waals surface area contributed by atoms with E-state index >= 15 is 0 Å². The van der Waals surface area contributed by atoms with Crippen LogP contribution >= 0.6 is 15.9 Å². The molecule has 0 bridgehead atoms. The van der Waals surface area contributed by atoms with Gasteiger partial charge < -0.3 is 10.0 Å². The van der Waals surface area contributed by atoms with Gasteiger partial charge in [-0.1, -0.05) is 28.1 Å². The van der Waals surface area contributed by atoms with Crippen LogP contribution < -0.4 is 0 Å². The van der Waals surface area contributed by atoms with E-state index in [-0.39, 0.29) is 18.1 Å². The van der Waals surface area contributed by atoms with Gasteiger partial charge in [0.05, 0.1) is 6.10 Å². The molecule has 1 aliphatic heterocycles. The SMILES string of the molecule is CC(O)CC1CCCN1C(=O)CCc1cccc(Br)c1. The van der Waals surface area contributed by atoms with Crippen LogP contribution in [0.25, 0.3) is 0 Å². The second-order valence-electron chi connectivity index (χ2n) is 5.60. The average Bonchev–Trinajstić information content (AvgIpc) is 2.83.